The van der Waals surface area contributed by atoms with E-state index in [4.69, 9.17) is 9.47 Å². The number of phenolic OH excluding ortho intramolecular Hbond substituents is 1. The van der Waals surface area contributed by atoms with Gasteiger partial charge >= 0.3 is 0 Å². The molecule has 0 spiro atoms. The Bertz CT molecular complexity index is 1900. The first-order chi connectivity index (χ1) is 24.4. The van der Waals surface area contributed by atoms with E-state index < -0.39 is 17.9 Å². The van der Waals surface area contributed by atoms with Crippen LogP contribution in [0.2, 0.25) is 0 Å². The van der Waals surface area contributed by atoms with Gasteiger partial charge in [-0.05, 0) is 103 Å². The molecule has 2 aliphatic carbocycles. The van der Waals surface area contributed by atoms with Crippen molar-refractivity contribution in [2.24, 2.45) is 0 Å². The normalized spacial score (nSPS) is 20.1. The van der Waals surface area contributed by atoms with Gasteiger partial charge in [0.15, 0.2) is 5.78 Å². The maximum absolute atomic E-state index is 13.1. The van der Waals surface area contributed by atoms with Crippen molar-refractivity contribution in [1.29, 1.82) is 0 Å². The highest BCUT2D eigenvalue weighted by Gasteiger charge is 2.43. The zero-order valence-electron chi connectivity index (χ0n) is 28.1. The Morgan fingerprint density at radius 1 is 0.800 bits per heavy atom. The summed E-state index contributed by atoms with van der Waals surface area (Å²) >= 11 is 0. The number of imide groups is 1. The van der Waals surface area contributed by atoms with Gasteiger partial charge in [0.25, 0.3) is 11.8 Å². The highest BCUT2D eigenvalue weighted by Crippen LogP contribution is 2.47. The summed E-state index contributed by atoms with van der Waals surface area (Å²) in [6, 6.07) is 29.2. The minimum absolute atomic E-state index is 0.126. The zero-order valence-corrected chi connectivity index (χ0v) is 28.1. The molecule has 0 radical (unpaired) electrons. The molecule has 1 fully saturated rings. The van der Waals surface area contributed by atoms with E-state index in [1.165, 1.54) is 22.3 Å². The van der Waals surface area contributed by atoms with Gasteiger partial charge in [0.1, 0.15) is 18.1 Å². The molecule has 8 heteroatoms. The summed E-state index contributed by atoms with van der Waals surface area (Å²) in [5.41, 5.74) is 7.29. The molecule has 1 aliphatic heterocycles. The number of carbonyl (C=O) groups excluding carboxylic acids is 3. The highest BCUT2D eigenvalue weighted by atomic mass is 16.5. The Morgan fingerprint density at radius 3 is 2.40 bits per heavy atom. The second-order valence-electron chi connectivity index (χ2n) is 13.4. The minimum Gasteiger partial charge on any atom is -0.508 e. The summed E-state index contributed by atoms with van der Waals surface area (Å²) in [4.78, 5) is 39.8. The van der Waals surface area contributed by atoms with E-state index >= 15 is 0 Å². The minimum atomic E-state index is -0.714. The number of nitrogens with one attached hydrogen (secondary N) is 1. The van der Waals surface area contributed by atoms with E-state index in [0.717, 1.165) is 41.2 Å². The van der Waals surface area contributed by atoms with E-state index in [1.54, 1.807) is 24.3 Å². The van der Waals surface area contributed by atoms with Gasteiger partial charge in [0.2, 0.25) is 0 Å². The molecule has 4 aromatic carbocycles. The average Bonchev–Trinajstić information content (AvgIpc) is 3.37. The first-order valence-corrected chi connectivity index (χ1v) is 17.5. The summed E-state index contributed by atoms with van der Waals surface area (Å²) in [7, 11) is 0. The number of ketones is 1. The van der Waals surface area contributed by atoms with Crippen LogP contribution in [-0.4, -0.2) is 60.0 Å². The summed E-state index contributed by atoms with van der Waals surface area (Å²) in [5, 5.41) is 13.4. The molecule has 8 nitrogen and oxygen atoms in total. The summed E-state index contributed by atoms with van der Waals surface area (Å²) in [6.45, 7) is 5.93. The van der Waals surface area contributed by atoms with Crippen LogP contribution in [0.5, 0.6) is 11.5 Å². The molecular formula is C42H42N2O6. The maximum atomic E-state index is 13.1. The lowest BCUT2D eigenvalue weighted by molar-refractivity contribution is -0.123. The third-order valence-electron chi connectivity index (χ3n) is 10.1. The van der Waals surface area contributed by atoms with Gasteiger partial charge in [-0.2, -0.15) is 0 Å². The van der Waals surface area contributed by atoms with Crippen molar-refractivity contribution in [3.8, 4) is 11.5 Å². The third-order valence-corrected chi connectivity index (χ3v) is 10.1. The zero-order chi connectivity index (χ0) is 34.6. The largest absolute Gasteiger partial charge is 0.508 e. The first-order valence-electron chi connectivity index (χ1n) is 17.5. The molecular weight excluding hydrogens is 628 g/mol. The van der Waals surface area contributed by atoms with Crippen LogP contribution in [0.4, 0.5) is 5.69 Å². The van der Waals surface area contributed by atoms with Gasteiger partial charge in [-0.1, -0.05) is 60.7 Å². The second-order valence-corrected chi connectivity index (χ2v) is 13.4. The Hall–Kier alpha value is -5.21. The van der Waals surface area contributed by atoms with Gasteiger partial charge in [0.05, 0.1) is 23.8 Å². The number of Topliss-reactive ketones (excluding diaryl/α,β-unsaturated/α-hetero) is 1. The third kappa shape index (κ3) is 6.94. The number of rotatable bonds is 12. The molecule has 50 heavy (non-hydrogen) atoms. The summed E-state index contributed by atoms with van der Waals surface area (Å²) in [6.07, 6.45) is 3.99. The van der Waals surface area contributed by atoms with Gasteiger partial charge in [-0.15, -0.1) is 0 Å². The number of anilines is 1. The van der Waals surface area contributed by atoms with Crippen molar-refractivity contribution in [1.82, 2.24) is 4.90 Å². The van der Waals surface area contributed by atoms with E-state index in [0.29, 0.717) is 62.0 Å². The molecule has 0 bridgehead atoms. The fourth-order valence-corrected chi connectivity index (χ4v) is 7.66. The van der Waals surface area contributed by atoms with Gasteiger partial charge in [-0.25, -0.2) is 0 Å². The average molecular weight is 671 g/mol. The molecule has 0 aromatic heterocycles. The van der Waals surface area contributed by atoms with Crippen molar-refractivity contribution in [3.63, 3.8) is 0 Å². The van der Waals surface area contributed by atoms with Crippen LogP contribution in [-0.2, 0) is 16.0 Å². The number of phenols is 1. The fraction of sp³-hybridized carbons (Fsp3) is 0.310. The predicted octanol–water partition coefficient (Wildman–Crippen LogP) is 7.43. The van der Waals surface area contributed by atoms with Crippen LogP contribution >= 0.6 is 0 Å². The van der Waals surface area contributed by atoms with Crippen LogP contribution in [0.25, 0.3) is 0 Å². The molecule has 3 aliphatic rings. The molecule has 2 amide bonds. The van der Waals surface area contributed by atoms with Gasteiger partial charge < -0.3 is 19.9 Å². The smallest absolute Gasteiger partial charge is 0.262 e. The molecule has 1 heterocycles. The number of aromatic hydroxyl groups is 1. The van der Waals surface area contributed by atoms with Crippen molar-refractivity contribution in [3.05, 3.63) is 137 Å². The Balaban J connectivity index is 0.862. The number of aryl methyl sites for hydroxylation is 1. The van der Waals surface area contributed by atoms with Gasteiger partial charge in [-0.3, -0.25) is 19.3 Å². The van der Waals surface area contributed by atoms with Crippen LogP contribution in [0, 0.1) is 0 Å². The number of fused-ring (bicyclic) bond motifs is 2. The van der Waals surface area contributed by atoms with Crippen LogP contribution in [0.15, 0.2) is 103 Å². The first kappa shape index (κ1) is 33.3. The molecule has 0 saturated heterocycles. The predicted molar refractivity (Wildman–Crippen MR) is 192 cm³/mol. The Morgan fingerprint density at radius 2 is 1.60 bits per heavy atom. The van der Waals surface area contributed by atoms with Crippen molar-refractivity contribution in [2.75, 3.05) is 31.7 Å². The number of nitrogens with zero attached hydrogens (tertiary/aromatic N) is 1. The van der Waals surface area contributed by atoms with Crippen molar-refractivity contribution >= 4 is 23.3 Å². The quantitative estimate of drug-likeness (QED) is 0.0918. The van der Waals surface area contributed by atoms with Crippen molar-refractivity contribution < 1.29 is 29.0 Å². The molecule has 256 valence electrons. The van der Waals surface area contributed by atoms with Gasteiger partial charge in [0, 0.05) is 31.2 Å². The van der Waals surface area contributed by atoms with Crippen LogP contribution in [0.1, 0.15) is 86.9 Å². The van der Waals surface area contributed by atoms with Crippen LogP contribution < -0.4 is 10.1 Å². The Labute approximate surface area is 292 Å². The number of amides is 2. The molecule has 2 N–H and O–H groups in total. The molecule has 1 saturated carbocycles. The standard InChI is InChI=1S/C42H42N2O6/c1-27-8-19-38(39(46)24-27)44-41(47)36-17-12-31(26-37(36)42(44)48)43-20-5-21-49-22-23-50-33-14-9-29(10-15-33)40-34(28-6-3-2-4-7-28)16-11-30-25-32(45)13-18-35(30)40/h2-4,6-7,9-10,12-15,17-18,25-26,34,38,40,43,45H,1,5,8,11,16,19-24H2/t34-,38?,40+/m0/s1. The lowest BCUT2D eigenvalue weighted by Gasteiger charge is -2.34. The maximum Gasteiger partial charge on any atom is 0.262 e. The molecule has 7 rings (SSSR count). The van der Waals surface area contributed by atoms with E-state index in [-0.39, 0.29) is 18.1 Å². The lowest BCUT2D eigenvalue weighted by Crippen LogP contribution is -2.46. The topological polar surface area (TPSA) is 105 Å². The van der Waals surface area contributed by atoms with E-state index in [9.17, 15) is 19.5 Å². The van der Waals surface area contributed by atoms with E-state index in [2.05, 4.69) is 60.4 Å². The number of hydrogen-bond donors (Lipinski definition) is 2. The fourth-order valence-electron chi connectivity index (χ4n) is 7.66. The lowest BCUT2D eigenvalue weighted by atomic mass is 9.69. The number of allylic oxidation sites excluding steroid dienone is 1. The second kappa shape index (κ2) is 14.7. The molecule has 3 atom stereocenters. The van der Waals surface area contributed by atoms with E-state index in [1.807, 2.05) is 18.2 Å². The summed E-state index contributed by atoms with van der Waals surface area (Å²) < 4.78 is 11.8. The summed E-state index contributed by atoms with van der Waals surface area (Å²) in [5.74, 6) is 0.708. The van der Waals surface area contributed by atoms with Crippen molar-refractivity contribution in [2.45, 2.75) is 56.4 Å². The highest BCUT2D eigenvalue weighted by molar-refractivity contribution is 6.23. The number of hydrogen-bond acceptors (Lipinski definition) is 7. The van der Waals surface area contributed by atoms with Crippen LogP contribution in [0.3, 0.4) is 0 Å². The number of carbonyl (C=O) groups is 3. The molecule has 1 unspecified atom stereocenters. The number of benzene rings is 4. The molecule has 4 aromatic rings. The SMILES string of the molecule is C=C1CCC(N2C(=O)c3ccc(NCCCOCCOc4ccc([C@H]5c6ccc(O)cc6CC[C@H]5c5ccccc5)cc4)cc3C2=O)C(=O)C1. The monoisotopic (exact) mass is 670 g/mol. The Kier molecular flexibility index (Phi) is 9.81. The number of ether oxygens (including phenoxy) is 2.